The average Bonchev–Trinajstić information content (AvgIpc) is 3.95. The zero-order chi connectivity index (χ0) is 38.0. The lowest BCUT2D eigenvalue weighted by atomic mass is 10.1. The summed E-state index contributed by atoms with van der Waals surface area (Å²) in [5.74, 6) is -0.908. The van der Waals surface area contributed by atoms with Crippen LogP contribution in [0.4, 0.5) is 11.6 Å². The maximum Gasteiger partial charge on any atom is 0.392 e. The Hall–Kier alpha value is -4.35. The molecule has 0 bridgehead atoms. The molecular weight excluding hydrogens is 749 g/mol. The summed E-state index contributed by atoms with van der Waals surface area (Å²) in [5.41, 5.74) is 20.2. The van der Waals surface area contributed by atoms with E-state index < -0.39 is 80.9 Å². The molecule has 5 aromatic rings. The molecule has 7 rings (SSSR count). The molecule has 2 fully saturated rings. The van der Waals surface area contributed by atoms with Crippen molar-refractivity contribution in [3.05, 3.63) is 61.2 Å². The van der Waals surface area contributed by atoms with Crippen LogP contribution >= 0.6 is 18.2 Å². The van der Waals surface area contributed by atoms with Crippen LogP contribution in [0.1, 0.15) is 24.4 Å². The highest BCUT2D eigenvalue weighted by Gasteiger charge is 2.51. The number of fused-ring (bicyclic) bond motifs is 2. The van der Waals surface area contributed by atoms with E-state index in [4.69, 9.17) is 45.2 Å². The number of carbonyl (C=O) groups is 1. The predicted octanol–water partition coefficient (Wildman–Crippen LogP) is 0.698. The fourth-order valence-corrected chi connectivity index (χ4v) is 9.06. The Labute approximate surface area is 310 Å². The second-order valence-electron chi connectivity index (χ2n) is 12.4. The molecule has 1 aromatic carbocycles. The topological polar surface area (TPSA) is 295 Å². The van der Waals surface area contributed by atoms with Gasteiger partial charge in [0.15, 0.2) is 29.2 Å². The van der Waals surface area contributed by atoms with Crippen LogP contribution in [0.3, 0.4) is 0 Å². The van der Waals surface area contributed by atoms with Gasteiger partial charge < -0.3 is 46.4 Å². The molecule has 9 atom stereocenters. The van der Waals surface area contributed by atoms with Gasteiger partial charge in [0.05, 0.1) is 32.0 Å². The Bertz CT molecular complexity index is 2130. The Morgan fingerprint density at radius 3 is 2.31 bits per heavy atom. The van der Waals surface area contributed by atoms with Crippen LogP contribution < -0.4 is 17.2 Å². The first-order chi connectivity index (χ1) is 26.1. The molecule has 0 spiro atoms. The van der Waals surface area contributed by atoms with Gasteiger partial charge in [-0.3, -0.25) is 23.0 Å². The van der Waals surface area contributed by atoms with Gasteiger partial charge in [0.1, 0.15) is 66.3 Å². The van der Waals surface area contributed by atoms with Crippen molar-refractivity contribution in [1.29, 1.82) is 0 Å². The summed E-state index contributed by atoms with van der Waals surface area (Å²) in [6.07, 6.45) is -1.29. The summed E-state index contributed by atoms with van der Waals surface area (Å²) in [6.45, 7) is -5.37. The molecule has 288 valence electrons. The van der Waals surface area contributed by atoms with Crippen molar-refractivity contribution in [3.63, 3.8) is 0 Å². The fraction of sp³-hybridized carbons (Fsp3) is 0.452. The molecule has 0 amide bonds. The molecule has 2 unspecified atom stereocenters. The van der Waals surface area contributed by atoms with Gasteiger partial charge in [-0.1, -0.05) is 30.3 Å². The number of aromatic nitrogens is 8. The van der Waals surface area contributed by atoms with E-state index in [2.05, 4.69) is 29.9 Å². The lowest BCUT2D eigenvalue weighted by Gasteiger charge is -2.28. The van der Waals surface area contributed by atoms with Gasteiger partial charge >= 0.3 is 12.8 Å². The summed E-state index contributed by atoms with van der Waals surface area (Å²) in [5, 5.41) is 21.4. The highest BCUT2D eigenvalue weighted by Crippen LogP contribution is 2.63. The molecule has 23 heteroatoms. The van der Waals surface area contributed by atoms with Crippen LogP contribution in [0.15, 0.2) is 55.6 Å². The number of rotatable bonds is 15. The maximum atomic E-state index is 14.6. The number of hydrogen-bond acceptors (Lipinski definition) is 20. The second kappa shape index (κ2) is 16.2. The Morgan fingerprint density at radius 1 is 0.981 bits per heavy atom. The van der Waals surface area contributed by atoms with Crippen molar-refractivity contribution in [1.82, 2.24) is 39.0 Å². The van der Waals surface area contributed by atoms with E-state index in [9.17, 15) is 19.6 Å². The molecule has 2 aliphatic rings. The van der Waals surface area contributed by atoms with E-state index in [0.717, 1.165) is 5.56 Å². The summed E-state index contributed by atoms with van der Waals surface area (Å²) in [4.78, 5) is 37.8. The molecule has 4 aromatic heterocycles. The third-order valence-corrected chi connectivity index (χ3v) is 12.3. The summed E-state index contributed by atoms with van der Waals surface area (Å²) in [6, 6.07) is 8.15. The zero-order valence-corrected chi connectivity index (χ0v) is 30.4. The van der Waals surface area contributed by atoms with Crippen molar-refractivity contribution >= 4 is 58.1 Å². The van der Waals surface area contributed by atoms with Crippen molar-refractivity contribution in [2.24, 2.45) is 5.73 Å². The van der Waals surface area contributed by atoms with E-state index in [-0.39, 0.29) is 24.5 Å². The molecule has 2 saturated heterocycles. The van der Waals surface area contributed by atoms with Gasteiger partial charge in [-0.05, 0) is 12.0 Å². The minimum atomic E-state index is -4.38. The number of imidazole rings is 2. The number of ether oxygens (including phenoxy) is 4. The minimum Gasteiger partial charge on any atom is -0.453 e. The third kappa shape index (κ3) is 7.75. The SMILES string of the molecule is CO[C@@H]1[C@H](OP(=O)(OC[C@H]2O[C@@H](n3cnc4c(N)ncnc43)C[C@@H]2O)SCOC(=O)C(N)Cc2ccccc2)[C@@H](CO)O[C@H]1n1cnc2c(N)ncnc21. The molecule has 2 aliphatic heterocycles. The van der Waals surface area contributed by atoms with Crippen LogP contribution in [0.2, 0.25) is 0 Å². The maximum absolute atomic E-state index is 14.6. The smallest absolute Gasteiger partial charge is 0.392 e. The van der Waals surface area contributed by atoms with Gasteiger partial charge in [-0.2, -0.15) is 0 Å². The molecule has 0 saturated carbocycles. The monoisotopic (exact) mass is 787 g/mol. The third-order valence-electron chi connectivity index (χ3n) is 8.96. The number of benzene rings is 1. The number of nitrogen functional groups attached to an aromatic ring is 2. The van der Waals surface area contributed by atoms with Crippen LogP contribution in [0.5, 0.6) is 0 Å². The molecule has 8 N–H and O–H groups in total. The fourth-order valence-electron chi connectivity index (χ4n) is 6.25. The quantitative estimate of drug-likeness (QED) is 0.0554. The predicted molar refractivity (Wildman–Crippen MR) is 191 cm³/mol. The number of esters is 1. The first kappa shape index (κ1) is 37.9. The van der Waals surface area contributed by atoms with E-state index in [0.29, 0.717) is 33.7 Å². The molecule has 6 heterocycles. The van der Waals surface area contributed by atoms with Crippen molar-refractivity contribution in [3.8, 4) is 0 Å². The van der Waals surface area contributed by atoms with E-state index in [1.807, 2.05) is 30.3 Å². The van der Waals surface area contributed by atoms with Gasteiger partial charge in [-0.25, -0.2) is 34.5 Å². The number of nitrogens with two attached hydrogens (primary N) is 3. The van der Waals surface area contributed by atoms with Gasteiger partial charge in [0.25, 0.3) is 0 Å². The lowest BCUT2D eigenvalue weighted by molar-refractivity contribution is -0.142. The minimum absolute atomic E-state index is 0.113. The molecule has 0 aliphatic carbocycles. The van der Waals surface area contributed by atoms with Crippen LogP contribution in [-0.2, 0) is 43.8 Å². The Morgan fingerprint density at radius 2 is 1.65 bits per heavy atom. The lowest BCUT2D eigenvalue weighted by Crippen LogP contribution is -2.37. The van der Waals surface area contributed by atoms with Crippen LogP contribution in [0, 0.1) is 0 Å². The number of aliphatic hydroxyl groups is 2. The standard InChI is InChI=1S/C31H38N11O10PS/c1-47-25-24(19(9-43)51-30(25)42-14-40-23-27(34)36-12-38-29(23)42)52-53(46,54-15-48-31(45)17(32)7-16-5-3-2-4-6-16)49-10-20-18(44)8-21(50-20)41-13-39-22-26(33)35-11-37-28(22)41/h2-6,11-14,17-21,24-25,30,43-44H,7-10,15,32H2,1H3,(H2,33,35,37)(H2,34,36,38)/t17?,18-,19+,20+,21+,24+,25+,30+,53?/m0/s1. The Kier molecular flexibility index (Phi) is 11.4. The molecule has 0 radical (unpaired) electrons. The average molecular weight is 788 g/mol. The van der Waals surface area contributed by atoms with Crippen molar-refractivity contribution in [2.75, 3.05) is 37.7 Å². The second-order valence-corrected chi connectivity index (χ2v) is 16.3. The first-order valence-corrected chi connectivity index (χ1v) is 19.7. The van der Waals surface area contributed by atoms with Crippen molar-refractivity contribution in [2.45, 2.75) is 61.9 Å². The van der Waals surface area contributed by atoms with Crippen LogP contribution in [0.25, 0.3) is 22.3 Å². The van der Waals surface area contributed by atoms with Crippen LogP contribution in [-0.4, -0.2) is 118 Å². The first-order valence-electron chi connectivity index (χ1n) is 16.6. The largest absolute Gasteiger partial charge is 0.453 e. The number of carbonyl (C=O) groups excluding carboxylic acids is 1. The number of anilines is 2. The van der Waals surface area contributed by atoms with E-state index >= 15 is 0 Å². The normalized spacial score (nSPS) is 26.0. The molecule has 54 heavy (non-hydrogen) atoms. The number of methoxy groups -OCH3 is 1. The number of nitrogens with zero attached hydrogens (tertiary/aromatic N) is 8. The molecular formula is C31H38N11O10PS. The highest BCUT2D eigenvalue weighted by molar-refractivity contribution is 8.55. The molecule has 21 nitrogen and oxygen atoms in total. The van der Waals surface area contributed by atoms with E-state index in [1.165, 1.54) is 37.0 Å². The number of hydrogen-bond donors (Lipinski definition) is 5. The van der Waals surface area contributed by atoms with Gasteiger partial charge in [-0.15, -0.1) is 0 Å². The summed E-state index contributed by atoms with van der Waals surface area (Å²) in [7, 11) is 1.38. The summed E-state index contributed by atoms with van der Waals surface area (Å²) >= 11 is 0.558. The Balaban J connectivity index is 1.09. The number of aliphatic hydroxyl groups excluding tert-OH is 2. The van der Waals surface area contributed by atoms with Gasteiger partial charge in [0, 0.05) is 24.9 Å². The summed E-state index contributed by atoms with van der Waals surface area (Å²) < 4.78 is 53.3. The highest BCUT2D eigenvalue weighted by atomic mass is 32.7. The van der Waals surface area contributed by atoms with Gasteiger partial charge in [0.2, 0.25) is 0 Å². The van der Waals surface area contributed by atoms with Crippen molar-refractivity contribution < 1.29 is 47.6 Å². The zero-order valence-electron chi connectivity index (χ0n) is 28.7. The van der Waals surface area contributed by atoms with E-state index in [1.54, 1.807) is 4.57 Å².